The van der Waals surface area contributed by atoms with Gasteiger partial charge in [-0.2, -0.15) is 4.31 Å². The molecule has 0 spiro atoms. The summed E-state index contributed by atoms with van der Waals surface area (Å²) < 4.78 is 37.3. The van der Waals surface area contributed by atoms with Crippen molar-refractivity contribution in [2.45, 2.75) is 39.3 Å². The van der Waals surface area contributed by atoms with Crippen molar-refractivity contribution in [3.63, 3.8) is 0 Å². The third-order valence-electron chi connectivity index (χ3n) is 5.11. The Morgan fingerprint density at radius 2 is 2.04 bits per heavy atom. The highest BCUT2D eigenvalue weighted by Crippen LogP contribution is 2.33. The van der Waals surface area contributed by atoms with Crippen LogP contribution in [0.5, 0.6) is 0 Å². The molecule has 0 atom stereocenters. The molecular weight excluding hydrogens is 368 g/mol. The number of amides is 1. The highest BCUT2D eigenvalue weighted by atomic mass is 32.2. The molecular formula is C19H26N2O5S. The lowest BCUT2D eigenvalue weighted by molar-refractivity contribution is 0.135. The van der Waals surface area contributed by atoms with Crippen LogP contribution < -0.4 is 4.90 Å². The van der Waals surface area contributed by atoms with E-state index in [9.17, 15) is 13.2 Å². The fourth-order valence-corrected chi connectivity index (χ4v) is 5.26. The Labute approximate surface area is 160 Å². The smallest absolute Gasteiger partial charge is 0.414 e. The molecule has 1 saturated heterocycles. The van der Waals surface area contributed by atoms with E-state index in [4.69, 9.17) is 9.47 Å². The molecule has 7 nitrogen and oxygen atoms in total. The molecule has 1 aromatic carbocycles. The van der Waals surface area contributed by atoms with E-state index in [0.717, 1.165) is 16.8 Å². The number of rotatable bonds is 5. The molecule has 2 heterocycles. The monoisotopic (exact) mass is 394 g/mol. The van der Waals surface area contributed by atoms with Gasteiger partial charge in [0, 0.05) is 31.8 Å². The number of nitrogens with zero attached hydrogens (tertiary/aromatic N) is 2. The van der Waals surface area contributed by atoms with E-state index in [2.05, 4.69) is 0 Å². The molecule has 3 rings (SSSR count). The summed E-state index contributed by atoms with van der Waals surface area (Å²) in [6, 6.07) is 5.87. The summed E-state index contributed by atoms with van der Waals surface area (Å²) in [6.07, 6.45) is 2.34. The van der Waals surface area contributed by atoms with E-state index < -0.39 is 10.0 Å². The van der Waals surface area contributed by atoms with Crippen molar-refractivity contribution >= 4 is 21.8 Å². The first kappa shape index (κ1) is 19.9. The van der Waals surface area contributed by atoms with Crippen LogP contribution >= 0.6 is 0 Å². The second-order valence-corrected chi connectivity index (χ2v) is 8.87. The number of fused-ring (bicyclic) bond motifs is 1. The number of anilines is 1. The first-order chi connectivity index (χ1) is 12.9. The zero-order chi connectivity index (χ0) is 19.6. The highest BCUT2D eigenvalue weighted by Gasteiger charge is 2.37. The van der Waals surface area contributed by atoms with E-state index in [0.29, 0.717) is 25.9 Å². The Balaban J connectivity index is 1.76. The number of cyclic esters (lactones) is 1. The van der Waals surface area contributed by atoms with Crippen LogP contribution in [0.4, 0.5) is 10.5 Å². The van der Waals surface area contributed by atoms with Crippen LogP contribution in [0.25, 0.3) is 0 Å². The second kappa shape index (κ2) is 8.00. The summed E-state index contributed by atoms with van der Waals surface area (Å²) in [5.41, 5.74) is 2.97. The molecule has 0 unspecified atom stereocenters. The van der Waals surface area contributed by atoms with Gasteiger partial charge in [0.1, 0.15) is 6.61 Å². The van der Waals surface area contributed by atoms with E-state index in [1.54, 1.807) is 17.9 Å². The van der Waals surface area contributed by atoms with Crippen molar-refractivity contribution in [1.29, 1.82) is 0 Å². The predicted octanol–water partition coefficient (Wildman–Crippen LogP) is 2.80. The Morgan fingerprint density at radius 3 is 2.67 bits per heavy atom. The number of methoxy groups -OCH3 is 1. The quantitative estimate of drug-likeness (QED) is 0.768. The summed E-state index contributed by atoms with van der Waals surface area (Å²) >= 11 is 0. The molecule has 1 fully saturated rings. The molecule has 0 aromatic heterocycles. The summed E-state index contributed by atoms with van der Waals surface area (Å²) in [7, 11) is -2.06. The number of carbonyl (C=O) groups is 1. The number of hydrogen-bond donors (Lipinski definition) is 0. The molecule has 0 radical (unpaired) electrons. The highest BCUT2D eigenvalue weighted by molar-refractivity contribution is 7.93. The van der Waals surface area contributed by atoms with Gasteiger partial charge in [-0.3, -0.25) is 4.90 Å². The molecule has 2 aliphatic heterocycles. The van der Waals surface area contributed by atoms with Gasteiger partial charge in [-0.05, 0) is 32.8 Å². The van der Waals surface area contributed by atoms with Crippen molar-refractivity contribution in [3.8, 4) is 0 Å². The maximum Gasteiger partial charge on any atom is 0.414 e. The van der Waals surface area contributed by atoms with E-state index in [-0.39, 0.29) is 30.3 Å². The minimum absolute atomic E-state index is 0.0595. The lowest BCUT2D eigenvalue weighted by Crippen LogP contribution is -2.50. The Bertz CT molecular complexity index is 842. The number of sulfonamides is 1. The number of carbonyl (C=O) groups excluding carboxylic acids is 1. The maximum atomic E-state index is 12.8. The third-order valence-corrected chi connectivity index (χ3v) is 7.17. The van der Waals surface area contributed by atoms with Gasteiger partial charge in [-0.25, -0.2) is 13.2 Å². The molecule has 1 aromatic rings. The minimum atomic E-state index is -3.54. The number of ether oxygens (including phenoxy) is 2. The molecule has 148 valence electrons. The van der Waals surface area contributed by atoms with Crippen LogP contribution in [-0.2, 0) is 26.1 Å². The van der Waals surface area contributed by atoms with Crippen molar-refractivity contribution in [3.05, 3.63) is 40.3 Å². The standard InChI is InChI=1S/C19H26N2O5S/c1-4-17(13-25-3)27(23,24)20-9-7-16(8-10-20)21-18-6-5-14(2)11-15(18)12-26-19(21)22/h4-6,11,16H,7-10,12-13H2,1-3H3/b17-4+. The third kappa shape index (κ3) is 3.88. The number of hydrogen-bond acceptors (Lipinski definition) is 5. The largest absolute Gasteiger partial charge is 0.444 e. The SMILES string of the molecule is C/C=C(\COC)S(=O)(=O)N1CCC(N2C(=O)OCc3cc(C)ccc32)CC1. The molecule has 1 amide bonds. The van der Waals surface area contributed by atoms with Crippen LogP contribution in [0.15, 0.2) is 29.2 Å². The lowest BCUT2D eigenvalue weighted by Gasteiger charge is -2.40. The Morgan fingerprint density at radius 1 is 1.33 bits per heavy atom. The van der Waals surface area contributed by atoms with Crippen molar-refractivity contribution in [2.75, 3.05) is 31.7 Å². The summed E-state index contributed by atoms with van der Waals surface area (Å²) in [6.45, 7) is 4.76. The van der Waals surface area contributed by atoms with Gasteiger partial charge in [-0.1, -0.05) is 23.8 Å². The fourth-order valence-electron chi connectivity index (χ4n) is 3.67. The lowest BCUT2D eigenvalue weighted by atomic mass is 10.0. The topological polar surface area (TPSA) is 76.2 Å². The second-order valence-electron chi connectivity index (χ2n) is 6.88. The molecule has 2 aliphatic rings. The first-order valence-electron chi connectivity index (χ1n) is 9.08. The number of aryl methyl sites for hydroxylation is 1. The normalized spacial score (nSPS) is 19.7. The summed E-state index contributed by atoms with van der Waals surface area (Å²) in [5, 5.41) is 0. The average Bonchev–Trinajstić information content (AvgIpc) is 2.66. The molecule has 0 bridgehead atoms. The van der Waals surface area contributed by atoms with Crippen LogP contribution in [0.2, 0.25) is 0 Å². The zero-order valence-electron chi connectivity index (χ0n) is 16.0. The minimum Gasteiger partial charge on any atom is -0.444 e. The van der Waals surface area contributed by atoms with Gasteiger partial charge in [0.25, 0.3) is 0 Å². The molecule has 0 N–H and O–H groups in total. The van der Waals surface area contributed by atoms with Crippen molar-refractivity contribution in [1.82, 2.24) is 4.31 Å². The fraction of sp³-hybridized carbons (Fsp3) is 0.526. The van der Waals surface area contributed by atoms with Crippen LogP contribution in [0.1, 0.15) is 30.9 Å². The van der Waals surface area contributed by atoms with Crippen molar-refractivity contribution < 1.29 is 22.7 Å². The molecule has 8 heteroatoms. The first-order valence-corrected chi connectivity index (χ1v) is 10.5. The maximum absolute atomic E-state index is 12.8. The predicted molar refractivity (Wildman–Crippen MR) is 103 cm³/mol. The number of piperidine rings is 1. The van der Waals surface area contributed by atoms with Crippen molar-refractivity contribution in [2.24, 2.45) is 0 Å². The van der Waals surface area contributed by atoms with Gasteiger partial charge in [0.2, 0.25) is 10.0 Å². The molecule has 0 saturated carbocycles. The number of benzene rings is 1. The molecule has 0 aliphatic carbocycles. The van der Waals surface area contributed by atoms with Gasteiger partial charge < -0.3 is 9.47 Å². The Hall–Kier alpha value is -1.90. The summed E-state index contributed by atoms with van der Waals surface area (Å²) in [4.78, 5) is 14.4. The van der Waals surface area contributed by atoms with E-state index in [1.165, 1.54) is 11.4 Å². The Kier molecular flexibility index (Phi) is 5.88. The molecule has 27 heavy (non-hydrogen) atoms. The number of allylic oxidation sites excluding steroid dienone is 1. The van der Waals surface area contributed by atoms with E-state index in [1.807, 2.05) is 25.1 Å². The van der Waals surface area contributed by atoms with Gasteiger partial charge in [0.15, 0.2) is 0 Å². The van der Waals surface area contributed by atoms with Gasteiger partial charge in [-0.15, -0.1) is 0 Å². The average molecular weight is 394 g/mol. The van der Waals surface area contributed by atoms with E-state index >= 15 is 0 Å². The van der Waals surface area contributed by atoms with Crippen LogP contribution in [0.3, 0.4) is 0 Å². The van der Waals surface area contributed by atoms with Gasteiger partial charge >= 0.3 is 6.09 Å². The van der Waals surface area contributed by atoms with Gasteiger partial charge in [0.05, 0.1) is 17.2 Å². The van der Waals surface area contributed by atoms with Crippen LogP contribution in [0, 0.1) is 6.92 Å². The summed E-state index contributed by atoms with van der Waals surface area (Å²) in [5.74, 6) is 0. The zero-order valence-corrected chi connectivity index (χ0v) is 16.8. The van der Waals surface area contributed by atoms with Crippen LogP contribution in [-0.4, -0.2) is 51.7 Å².